The third-order valence-electron chi connectivity index (χ3n) is 1.45. The quantitative estimate of drug-likeness (QED) is 0.610. The van der Waals surface area contributed by atoms with Gasteiger partial charge in [0.15, 0.2) is 0 Å². The minimum atomic E-state index is -0.711. The summed E-state index contributed by atoms with van der Waals surface area (Å²) in [7, 11) is 0. The Labute approximate surface area is 64.2 Å². The van der Waals surface area contributed by atoms with Gasteiger partial charge in [-0.2, -0.15) is 0 Å². The molecule has 1 aliphatic rings. The molecule has 0 aliphatic carbocycles. The van der Waals surface area contributed by atoms with Crippen LogP contribution in [0, 0.1) is 5.92 Å². The van der Waals surface area contributed by atoms with Gasteiger partial charge >= 0.3 is 5.97 Å². The second kappa shape index (κ2) is 3.83. The number of rotatable bonds is 4. The summed E-state index contributed by atoms with van der Waals surface area (Å²) in [5.74, 6) is 1.23. The summed E-state index contributed by atoms with van der Waals surface area (Å²) in [5.41, 5.74) is 0. The summed E-state index contributed by atoms with van der Waals surface area (Å²) in [6.45, 7) is 2.12. The van der Waals surface area contributed by atoms with Gasteiger partial charge in [0.1, 0.15) is 0 Å². The molecular weight excluding hydrogens is 150 g/mol. The zero-order valence-electron chi connectivity index (χ0n) is 5.67. The molecule has 1 aliphatic heterocycles. The fourth-order valence-electron chi connectivity index (χ4n) is 0.779. The Kier molecular flexibility index (Phi) is 3.02. The van der Waals surface area contributed by atoms with Crippen molar-refractivity contribution in [2.75, 3.05) is 24.6 Å². The predicted molar refractivity (Wildman–Crippen MR) is 41.3 cm³/mol. The minimum absolute atomic E-state index is 0.247. The summed E-state index contributed by atoms with van der Waals surface area (Å²) >= 11 is 1.51. The molecule has 1 heterocycles. The van der Waals surface area contributed by atoms with E-state index >= 15 is 0 Å². The first-order chi connectivity index (χ1) is 4.79. The highest BCUT2D eigenvalue weighted by molar-refractivity contribution is 7.99. The lowest BCUT2D eigenvalue weighted by atomic mass is 10.1. The molecule has 0 atom stereocenters. The van der Waals surface area contributed by atoms with E-state index in [-0.39, 0.29) is 5.75 Å². The fraction of sp³-hybridized carbons (Fsp3) is 0.833. The molecule has 4 heteroatoms. The van der Waals surface area contributed by atoms with Gasteiger partial charge in [0.2, 0.25) is 0 Å². The Bertz CT molecular complexity index is 125. The molecule has 0 aromatic rings. The maximum absolute atomic E-state index is 10.1. The third-order valence-corrected chi connectivity index (χ3v) is 2.60. The largest absolute Gasteiger partial charge is 0.481 e. The molecule has 0 saturated carbocycles. The molecule has 0 bridgehead atoms. The molecular formula is C6H11NO2S. The highest BCUT2D eigenvalue weighted by Gasteiger charge is 2.16. The van der Waals surface area contributed by atoms with E-state index < -0.39 is 5.97 Å². The molecule has 0 radical (unpaired) electrons. The van der Waals surface area contributed by atoms with E-state index in [1.807, 2.05) is 0 Å². The zero-order valence-corrected chi connectivity index (χ0v) is 6.49. The fourth-order valence-corrected chi connectivity index (χ4v) is 1.64. The van der Waals surface area contributed by atoms with Crippen LogP contribution in [0.5, 0.6) is 0 Å². The van der Waals surface area contributed by atoms with Crippen molar-refractivity contribution in [3.05, 3.63) is 0 Å². The van der Waals surface area contributed by atoms with Crippen LogP contribution < -0.4 is 5.32 Å². The molecule has 0 unspecified atom stereocenters. The first-order valence-corrected chi connectivity index (χ1v) is 4.45. The maximum Gasteiger partial charge on any atom is 0.313 e. The Balaban J connectivity index is 1.89. The standard InChI is InChI=1S/C6H11NO2S/c8-6(9)4-10-3-5-1-7-2-5/h5,7H,1-4H2,(H,8,9). The first-order valence-electron chi connectivity index (χ1n) is 3.29. The zero-order chi connectivity index (χ0) is 7.40. The highest BCUT2D eigenvalue weighted by Crippen LogP contribution is 2.11. The average Bonchev–Trinajstić information content (AvgIpc) is 1.75. The van der Waals surface area contributed by atoms with Crippen molar-refractivity contribution in [2.24, 2.45) is 5.92 Å². The first kappa shape index (κ1) is 7.88. The van der Waals surface area contributed by atoms with Gasteiger partial charge in [0.25, 0.3) is 0 Å². The number of aliphatic carboxylic acids is 1. The lowest BCUT2D eigenvalue weighted by molar-refractivity contribution is -0.133. The van der Waals surface area contributed by atoms with Crippen molar-refractivity contribution in [2.45, 2.75) is 0 Å². The molecule has 3 nitrogen and oxygen atoms in total. The van der Waals surface area contributed by atoms with Crippen LogP contribution in [0.15, 0.2) is 0 Å². The normalized spacial score (nSPS) is 18.4. The number of carboxylic acids is 1. The molecule has 1 saturated heterocycles. The van der Waals surface area contributed by atoms with E-state index in [0.717, 1.165) is 18.8 Å². The number of carbonyl (C=O) groups is 1. The van der Waals surface area contributed by atoms with Crippen LogP contribution in [0.2, 0.25) is 0 Å². The van der Waals surface area contributed by atoms with E-state index in [4.69, 9.17) is 5.11 Å². The molecule has 2 N–H and O–H groups in total. The summed E-state index contributed by atoms with van der Waals surface area (Å²) in [6.07, 6.45) is 0. The second-order valence-electron chi connectivity index (χ2n) is 2.43. The van der Waals surface area contributed by atoms with E-state index in [0.29, 0.717) is 5.92 Å². The van der Waals surface area contributed by atoms with Crippen LogP contribution in [0.4, 0.5) is 0 Å². The third kappa shape index (κ3) is 2.58. The predicted octanol–water partition coefficient (Wildman–Crippen LogP) is 0.0236. The van der Waals surface area contributed by atoms with Crippen molar-refractivity contribution in [1.29, 1.82) is 0 Å². The summed E-state index contributed by atoms with van der Waals surface area (Å²) in [4.78, 5) is 10.1. The van der Waals surface area contributed by atoms with E-state index in [9.17, 15) is 4.79 Å². The van der Waals surface area contributed by atoms with Gasteiger partial charge in [-0.1, -0.05) is 0 Å². The van der Waals surface area contributed by atoms with E-state index in [1.165, 1.54) is 11.8 Å². The van der Waals surface area contributed by atoms with Crippen LogP contribution >= 0.6 is 11.8 Å². The van der Waals surface area contributed by atoms with Gasteiger partial charge in [0, 0.05) is 0 Å². The Hall–Kier alpha value is -0.220. The Morgan fingerprint density at radius 3 is 2.80 bits per heavy atom. The number of hydrogen-bond acceptors (Lipinski definition) is 3. The van der Waals surface area contributed by atoms with E-state index in [2.05, 4.69) is 5.32 Å². The lowest BCUT2D eigenvalue weighted by Gasteiger charge is -2.26. The van der Waals surface area contributed by atoms with Gasteiger partial charge in [-0.05, 0) is 24.8 Å². The van der Waals surface area contributed by atoms with Gasteiger partial charge in [-0.25, -0.2) is 0 Å². The van der Waals surface area contributed by atoms with Crippen molar-refractivity contribution in [3.8, 4) is 0 Å². The maximum atomic E-state index is 10.1. The molecule has 0 aromatic heterocycles. The van der Waals surface area contributed by atoms with Crippen LogP contribution in [-0.4, -0.2) is 35.7 Å². The minimum Gasteiger partial charge on any atom is -0.481 e. The molecule has 0 spiro atoms. The number of thioether (sulfide) groups is 1. The van der Waals surface area contributed by atoms with Gasteiger partial charge < -0.3 is 10.4 Å². The van der Waals surface area contributed by atoms with Crippen LogP contribution in [-0.2, 0) is 4.79 Å². The molecule has 1 fully saturated rings. The number of nitrogens with one attached hydrogen (secondary N) is 1. The molecule has 58 valence electrons. The van der Waals surface area contributed by atoms with Crippen molar-refractivity contribution < 1.29 is 9.90 Å². The SMILES string of the molecule is O=C(O)CSCC1CNC1. The van der Waals surface area contributed by atoms with Gasteiger partial charge in [-0.15, -0.1) is 11.8 Å². The molecule has 0 amide bonds. The second-order valence-corrected chi connectivity index (χ2v) is 3.46. The number of hydrogen-bond donors (Lipinski definition) is 2. The van der Waals surface area contributed by atoms with Crippen molar-refractivity contribution >= 4 is 17.7 Å². The van der Waals surface area contributed by atoms with Gasteiger partial charge in [0.05, 0.1) is 5.75 Å². The van der Waals surface area contributed by atoms with Gasteiger partial charge in [-0.3, -0.25) is 4.79 Å². The topological polar surface area (TPSA) is 49.3 Å². The van der Waals surface area contributed by atoms with E-state index in [1.54, 1.807) is 0 Å². The summed E-state index contributed by atoms with van der Waals surface area (Å²) in [6, 6.07) is 0. The summed E-state index contributed by atoms with van der Waals surface area (Å²) < 4.78 is 0. The highest BCUT2D eigenvalue weighted by atomic mass is 32.2. The molecule has 10 heavy (non-hydrogen) atoms. The van der Waals surface area contributed by atoms with Crippen molar-refractivity contribution in [1.82, 2.24) is 5.32 Å². The monoisotopic (exact) mass is 161 g/mol. The summed E-state index contributed by atoms with van der Waals surface area (Å²) in [5, 5.41) is 11.4. The smallest absolute Gasteiger partial charge is 0.313 e. The number of carboxylic acid groups (broad SMARTS) is 1. The van der Waals surface area contributed by atoms with Crippen LogP contribution in [0.25, 0.3) is 0 Å². The average molecular weight is 161 g/mol. The van der Waals surface area contributed by atoms with Crippen molar-refractivity contribution in [3.63, 3.8) is 0 Å². The van der Waals surface area contributed by atoms with Crippen LogP contribution in [0.1, 0.15) is 0 Å². The Morgan fingerprint density at radius 1 is 1.70 bits per heavy atom. The Morgan fingerprint density at radius 2 is 2.40 bits per heavy atom. The molecule has 1 rings (SSSR count). The van der Waals surface area contributed by atoms with Crippen LogP contribution in [0.3, 0.4) is 0 Å². The lowest BCUT2D eigenvalue weighted by Crippen LogP contribution is -2.43. The molecule has 0 aromatic carbocycles.